The van der Waals surface area contributed by atoms with Gasteiger partial charge in [-0.15, -0.1) is 0 Å². The largest absolute Gasteiger partial charge is 0.496 e. The van der Waals surface area contributed by atoms with Crippen molar-refractivity contribution in [2.24, 2.45) is 0 Å². The number of rotatable bonds is 5. The van der Waals surface area contributed by atoms with Gasteiger partial charge >= 0.3 is 0 Å². The highest BCUT2D eigenvalue weighted by Gasteiger charge is 2.19. The third-order valence-corrected chi connectivity index (χ3v) is 5.58. The highest BCUT2D eigenvalue weighted by molar-refractivity contribution is 9.10. The van der Waals surface area contributed by atoms with E-state index < -0.39 is 0 Å². The molecule has 1 N–H and O–H groups in total. The Morgan fingerprint density at radius 2 is 2.05 bits per heavy atom. The second kappa shape index (κ2) is 7.55. The van der Waals surface area contributed by atoms with Gasteiger partial charge in [0.15, 0.2) is 0 Å². The minimum Gasteiger partial charge on any atom is -0.496 e. The van der Waals surface area contributed by atoms with E-state index in [9.17, 15) is 0 Å². The first-order valence-corrected chi connectivity index (χ1v) is 8.89. The molecule has 0 atom stereocenters. The third-order valence-electron chi connectivity index (χ3n) is 3.82. The summed E-state index contributed by atoms with van der Waals surface area (Å²) < 4.78 is 6.28. The molecule has 0 radical (unpaired) electrons. The van der Waals surface area contributed by atoms with Crippen molar-refractivity contribution in [3.05, 3.63) is 28.2 Å². The third kappa shape index (κ3) is 4.40. The van der Waals surface area contributed by atoms with E-state index in [2.05, 4.69) is 39.6 Å². The van der Waals surface area contributed by atoms with Crippen molar-refractivity contribution in [1.82, 2.24) is 5.32 Å². The fraction of sp³-hybridized carbons (Fsp3) is 0.600. The fourth-order valence-electron chi connectivity index (χ4n) is 2.58. The van der Waals surface area contributed by atoms with Crippen molar-refractivity contribution in [1.29, 1.82) is 0 Å². The molecule has 0 unspecified atom stereocenters. The van der Waals surface area contributed by atoms with Crippen LogP contribution in [0.4, 0.5) is 0 Å². The lowest BCUT2D eigenvalue weighted by Crippen LogP contribution is -2.33. The van der Waals surface area contributed by atoms with Crippen LogP contribution in [0.25, 0.3) is 0 Å². The average Bonchev–Trinajstić information content (AvgIpc) is 2.46. The van der Waals surface area contributed by atoms with Gasteiger partial charge in [0, 0.05) is 17.8 Å². The molecule has 1 aliphatic rings. The fourth-order valence-corrected chi connectivity index (χ4v) is 3.92. The maximum absolute atomic E-state index is 5.25. The Morgan fingerprint density at radius 3 is 2.63 bits per heavy atom. The molecule has 1 aromatic carbocycles. The SMILES string of the molecule is COc1ccc(CNC2CCC(SC)CC2)cc1Br. The van der Waals surface area contributed by atoms with Crippen molar-refractivity contribution < 1.29 is 4.74 Å². The van der Waals surface area contributed by atoms with Crippen molar-refractivity contribution in [2.75, 3.05) is 13.4 Å². The highest BCUT2D eigenvalue weighted by atomic mass is 79.9. The van der Waals surface area contributed by atoms with Crippen LogP contribution >= 0.6 is 27.7 Å². The molecular weight excluding hydrogens is 322 g/mol. The van der Waals surface area contributed by atoms with Crippen molar-refractivity contribution >= 4 is 27.7 Å². The number of benzene rings is 1. The van der Waals surface area contributed by atoms with E-state index in [0.29, 0.717) is 6.04 Å². The van der Waals surface area contributed by atoms with Crippen LogP contribution in [0, 0.1) is 0 Å². The van der Waals surface area contributed by atoms with Gasteiger partial charge in [-0.2, -0.15) is 11.8 Å². The minimum absolute atomic E-state index is 0.685. The molecule has 4 heteroatoms. The number of halogens is 1. The van der Waals surface area contributed by atoms with Crippen LogP contribution in [-0.2, 0) is 6.54 Å². The van der Waals surface area contributed by atoms with E-state index in [0.717, 1.165) is 22.0 Å². The van der Waals surface area contributed by atoms with Gasteiger partial charge in [-0.25, -0.2) is 0 Å². The molecule has 2 nitrogen and oxygen atoms in total. The Bertz CT molecular complexity index is 405. The summed E-state index contributed by atoms with van der Waals surface area (Å²) in [7, 11) is 1.70. The van der Waals surface area contributed by atoms with Gasteiger partial charge in [0.2, 0.25) is 0 Å². The molecule has 2 rings (SSSR count). The molecule has 1 fully saturated rings. The van der Waals surface area contributed by atoms with Gasteiger partial charge in [-0.3, -0.25) is 0 Å². The van der Waals surface area contributed by atoms with Crippen LogP contribution in [-0.4, -0.2) is 24.7 Å². The summed E-state index contributed by atoms with van der Waals surface area (Å²) in [5.41, 5.74) is 1.31. The van der Waals surface area contributed by atoms with E-state index in [1.54, 1.807) is 7.11 Å². The molecule has 0 aliphatic heterocycles. The number of ether oxygens (including phenoxy) is 1. The van der Waals surface area contributed by atoms with Crippen molar-refractivity contribution in [2.45, 2.75) is 43.5 Å². The quantitative estimate of drug-likeness (QED) is 0.864. The monoisotopic (exact) mass is 343 g/mol. The van der Waals surface area contributed by atoms with E-state index in [-0.39, 0.29) is 0 Å². The van der Waals surface area contributed by atoms with Crippen molar-refractivity contribution in [3.8, 4) is 5.75 Å². The van der Waals surface area contributed by atoms with Gasteiger partial charge in [0.05, 0.1) is 11.6 Å². The summed E-state index contributed by atoms with van der Waals surface area (Å²) in [5.74, 6) is 0.893. The Kier molecular flexibility index (Phi) is 6.05. The molecule has 0 aromatic heterocycles. The zero-order chi connectivity index (χ0) is 13.7. The van der Waals surface area contributed by atoms with Crippen LogP contribution < -0.4 is 10.1 Å². The zero-order valence-electron chi connectivity index (χ0n) is 11.6. The van der Waals surface area contributed by atoms with Gasteiger partial charge in [-0.1, -0.05) is 6.07 Å². The van der Waals surface area contributed by atoms with Crippen LogP contribution in [0.5, 0.6) is 5.75 Å². The normalized spacial score (nSPS) is 23.3. The average molecular weight is 344 g/mol. The summed E-state index contributed by atoms with van der Waals surface area (Å²) >= 11 is 5.56. The molecule has 0 spiro atoms. The summed E-state index contributed by atoms with van der Waals surface area (Å²) in [6, 6.07) is 6.97. The molecule has 19 heavy (non-hydrogen) atoms. The Hall–Kier alpha value is -0.190. The van der Waals surface area contributed by atoms with Crippen LogP contribution in [0.2, 0.25) is 0 Å². The number of thioether (sulfide) groups is 1. The summed E-state index contributed by atoms with van der Waals surface area (Å²) in [6.07, 6.45) is 7.55. The number of methoxy groups -OCH3 is 1. The lowest BCUT2D eigenvalue weighted by atomic mass is 9.95. The minimum atomic E-state index is 0.685. The van der Waals surface area contributed by atoms with Crippen LogP contribution in [0.15, 0.2) is 22.7 Å². The summed E-state index contributed by atoms with van der Waals surface area (Å²) in [5, 5.41) is 4.56. The first-order chi connectivity index (χ1) is 9.22. The number of hydrogen-bond donors (Lipinski definition) is 1. The first kappa shape index (κ1) is 15.2. The van der Waals surface area contributed by atoms with Crippen LogP contribution in [0.3, 0.4) is 0 Å². The summed E-state index contributed by atoms with van der Waals surface area (Å²) in [6.45, 7) is 0.942. The Labute approximate surface area is 128 Å². The maximum Gasteiger partial charge on any atom is 0.133 e. The maximum atomic E-state index is 5.25. The number of nitrogens with one attached hydrogen (secondary N) is 1. The predicted octanol–water partition coefficient (Wildman–Crippen LogP) is 4.22. The second-order valence-corrected chi connectivity index (χ2v) is 7.05. The van der Waals surface area contributed by atoms with Gasteiger partial charge in [0.25, 0.3) is 0 Å². The molecule has 1 aromatic rings. The molecule has 0 heterocycles. The van der Waals surface area contributed by atoms with Gasteiger partial charge < -0.3 is 10.1 Å². The van der Waals surface area contributed by atoms with E-state index in [1.165, 1.54) is 31.2 Å². The lowest BCUT2D eigenvalue weighted by Gasteiger charge is -2.28. The first-order valence-electron chi connectivity index (χ1n) is 6.81. The number of hydrogen-bond acceptors (Lipinski definition) is 3. The molecular formula is C15H22BrNOS. The second-order valence-electron chi connectivity index (χ2n) is 5.06. The van der Waals surface area contributed by atoms with Crippen LogP contribution in [0.1, 0.15) is 31.2 Å². The van der Waals surface area contributed by atoms with E-state index in [4.69, 9.17) is 4.74 Å². The molecule has 106 valence electrons. The van der Waals surface area contributed by atoms with E-state index >= 15 is 0 Å². The standard InChI is InChI=1S/C15H22BrNOS/c1-18-15-8-3-11(9-14(15)16)10-17-12-4-6-13(19-2)7-5-12/h3,8-9,12-13,17H,4-7,10H2,1-2H3. The molecule has 0 bridgehead atoms. The lowest BCUT2D eigenvalue weighted by molar-refractivity contribution is 0.378. The topological polar surface area (TPSA) is 21.3 Å². The van der Waals surface area contributed by atoms with E-state index in [1.807, 2.05) is 17.8 Å². The highest BCUT2D eigenvalue weighted by Crippen LogP contribution is 2.28. The zero-order valence-corrected chi connectivity index (χ0v) is 14.0. The molecule has 0 saturated heterocycles. The molecule has 0 amide bonds. The Morgan fingerprint density at radius 1 is 1.32 bits per heavy atom. The molecule has 1 aliphatic carbocycles. The predicted molar refractivity (Wildman–Crippen MR) is 87.1 cm³/mol. The van der Waals surface area contributed by atoms with Gasteiger partial charge in [-0.05, 0) is 65.6 Å². The molecule has 1 saturated carbocycles. The van der Waals surface area contributed by atoms with Gasteiger partial charge in [0.1, 0.15) is 5.75 Å². The Balaban J connectivity index is 1.81. The summed E-state index contributed by atoms with van der Waals surface area (Å²) in [4.78, 5) is 0. The smallest absolute Gasteiger partial charge is 0.133 e. The van der Waals surface area contributed by atoms with Crippen molar-refractivity contribution in [3.63, 3.8) is 0 Å².